The van der Waals surface area contributed by atoms with Crippen LogP contribution in [0.15, 0.2) is 42.5 Å². The highest BCUT2D eigenvalue weighted by molar-refractivity contribution is 6.03. The monoisotopic (exact) mass is 338 g/mol. The zero-order chi connectivity index (χ0) is 17.6. The lowest BCUT2D eigenvalue weighted by Gasteiger charge is -2.12. The smallest absolute Gasteiger partial charge is 0.250 e. The van der Waals surface area contributed by atoms with Gasteiger partial charge in [0.2, 0.25) is 17.8 Å². The van der Waals surface area contributed by atoms with Crippen molar-refractivity contribution in [2.24, 2.45) is 0 Å². The molecule has 1 aliphatic heterocycles. The summed E-state index contributed by atoms with van der Waals surface area (Å²) in [5.74, 6) is -0.815. The minimum absolute atomic E-state index is 0.102. The van der Waals surface area contributed by atoms with Crippen LogP contribution >= 0.6 is 0 Å². The molecule has 1 aliphatic rings. The third-order valence-electron chi connectivity index (χ3n) is 4.22. The van der Waals surface area contributed by atoms with Crippen molar-refractivity contribution in [3.05, 3.63) is 53.8 Å². The quantitative estimate of drug-likeness (QED) is 0.771. The van der Waals surface area contributed by atoms with E-state index in [1.165, 1.54) is 12.1 Å². The molecule has 3 aromatic rings. The Bertz CT molecular complexity index is 1010. The third-order valence-corrected chi connectivity index (χ3v) is 4.22. The first-order chi connectivity index (χ1) is 12.0. The number of hydrogen-bond acceptors (Lipinski definition) is 3. The average molecular weight is 338 g/mol. The highest BCUT2D eigenvalue weighted by Gasteiger charge is 2.34. The van der Waals surface area contributed by atoms with Crippen LogP contribution in [-0.2, 0) is 9.59 Å². The molecular formula is C18H15FN4O2. The van der Waals surface area contributed by atoms with Crippen LogP contribution < -0.4 is 10.6 Å². The number of halogens is 1. The molecule has 0 aliphatic carbocycles. The summed E-state index contributed by atoms with van der Waals surface area (Å²) in [5.41, 5.74) is 2.38. The van der Waals surface area contributed by atoms with Gasteiger partial charge in [0, 0.05) is 0 Å². The number of aromatic nitrogens is 2. The Hall–Kier alpha value is -3.22. The molecule has 0 saturated carbocycles. The Morgan fingerprint density at radius 1 is 1.32 bits per heavy atom. The number of aryl methyl sites for hydroxylation is 1. The van der Waals surface area contributed by atoms with Crippen LogP contribution in [0.4, 0.5) is 16.0 Å². The molecule has 0 fully saturated rings. The van der Waals surface area contributed by atoms with Gasteiger partial charge >= 0.3 is 0 Å². The number of hydrogen-bond donors (Lipinski definition) is 2. The molecule has 0 unspecified atom stereocenters. The molecule has 2 heterocycles. The molecule has 2 amide bonds. The average Bonchev–Trinajstić information content (AvgIpc) is 3.06. The van der Waals surface area contributed by atoms with E-state index in [4.69, 9.17) is 0 Å². The molecule has 2 N–H and O–H groups in total. The second-order valence-electron chi connectivity index (χ2n) is 6.03. The van der Waals surface area contributed by atoms with Gasteiger partial charge in [0.1, 0.15) is 11.9 Å². The maximum absolute atomic E-state index is 13.9. The Morgan fingerprint density at radius 2 is 2.12 bits per heavy atom. The standard InChI is InChI=1S/C18H15FN4O2/c1-10-6-7-12(11(19)8-10)20-16(24)9-15-17(25)22-18-21-13-4-2-3-5-14(13)23(15)18/h2-8,15H,9H2,1H3,(H,20,24)(H,21,22,25)/t15-/m1/s1. The predicted molar refractivity (Wildman–Crippen MR) is 91.8 cm³/mol. The van der Waals surface area contributed by atoms with Crippen molar-refractivity contribution in [1.82, 2.24) is 9.55 Å². The topological polar surface area (TPSA) is 76.0 Å². The maximum atomic E-state index is 13.9. The van der Waals surface area contributed by atoms with E-state index in [9.17, 15) is 14.0 Å². The van der Waals surface area contributed by atoms with Gasteiger partial charge in [0.15, 0.2) is 0 Å². The second kappa shape index (κ2) is 5.70. The van der Waals surface area contributed by atoms with Gasteiger partial charge in [-0.15, -0.1) is 0 Å². The van der Waals surface area contributed by atoms with Crippen LogP contribution in [0.1, 0.15) is 18.0 Å². The number of nitrogens with one attached hydrogen (secondary N) is 2. The predicted octanol–water partition coefficient (Wildman–Crippen LogP) is 3.01. The Kier molecular flexibility index (Phi) is 3.49. The molecule has 0 bridgehead atoms. The number of rotatable bonds is 3. The minimum Gasteiger partial charge on any atom is -0.324 e. The van der Waals surface area contributed by atoms with Crippen molar-refractivity contribution in [2.75, 3.05) is 10.6 Å². The van der Waals surface area contributed by atoms with E-state index in [0.717, 1.165) is 16.6 Å². The van der Waals surface area contributed by atoms with Crippen LogP contribution in [0.3, 0.4) is 0 Å². The summed E-state index contributed by atoms with van der Waals surface area (Å²) < 4.78 is 15.6. The lowest BCUT2D eigenvalue weighted by atomic mass is 10.1. The number of fused-ring (bicyclic) bond motifs is 3. The van der Waals surface area contributed by atoms with Crippen molar-refractivity contribution >= 4 is 34.5 Å². The summed E-state index contributed by atoms with van der Waals surface area (Å²) in [6.45, 7) is 1.77. The number of nitrogens with zero attached hydrogens (tertiary/aromatic N) is 2. The molecule has 126 valence electrons. The second-order valence-corrected chi connectivity index (χ2v) is 6.03. The van der Waals surface area contributed by atoms with Gasteiger partial charge in [-0.05, 0) is 36.8 Å². The summed E-state index contributed by atoms with van der Waals surface area (Å²) in [6.07, 6.45) is -0.105. The summed E-state index contributed by atoms with van der Waals surface area (Å²) >= 11 is 0. The Balaban J connectivity index is 1.59. The molecular weight excluding hydrogens is 323 g/mol. The zero-order valence-electron chi connectivity index (χ0n) is 13.4. The van der Waals surface area contributed by atoms with E-state index in [1.54, 1.807) is 17.6 Å². The van der Waals surface area contributed by atoms with Crippen molar-refractivity contribution in [3.8, 4) is 0 Å². The highest BCUT2D eigenvalue weighted by Crippen LogP contribution is 2.32. The Labute approximate surface area is 142 Å². The normalized spacial score (nSPS) is 15.9. The van der Waals surface area contributed by atoms with Crippen LogP contribution in [0, 0.1) is 12.7 Å². The first kappa shape index (κ1) is 15.3. The number of imidazole rings is 1. The van der Waals surface area contributed by atoms with E-state index in [2.05, 4.69) is 15.6 Å². The minimum atomic E-state index is -0.712. The van der Waals surface area contributed by atoms with E-state index in [-0.39, 0.29) is 18.0 Å². The van der Waals surface area contributed by atoms with Crippen LogP contribution in [0.25, 0.3) is 11.0 Å². The molecule has 1 atom stereocenters. The van der Waals surface area contributed by atoms with Gasteiger partial charge in [0.05, 0.1) is 23.1 Å². The van der Waals surface area contributed by atoms with Crippen molar-refractivity contribution < 1.29 is 14.0 Å². The number of benzene rings is 2. The molecule has 25 heavy (non-hydrogen) atoms. The molecule has 7 heteroatoms. The SMILES string of the molecule is Cc1ccc(NC(=O)C[C@@H]2C(=O)Nc3nc4ccccc4n32)c(F)c1. The lowest BCUT2D eigenvalue weighted by Crippen LogP contribution is -2.23. The fraction of sp³-hybridized carbons (Fsp3) is 0.167. The summed E-state index contributed by atoms with van der Waals surface area (Å²) in [7, 11) is 0. The first-order valence-electron chi connectivity index (χ1n) is 7.87. The van der Waals surface area contributed by atoms with Crippen LogP contribution in [0.5, 0.6) is 0 Å². The Morgan fingerprint density at radius 3 is 2.92 bits per heavy atom. The van der Waals surface area contributed by atoms with Gasteiger partial charge < -0.3 is 5.32 Å². The maximum Gasteiger partial charge on any atom is 0.250 e. The highest BCUT2D eigenvalue weighted by atomic mass is 19.1. The summed E-state index contributed by atoms with van der Waals surface area (Å²) in [6, 6.07) is 11.2. The van der Waals surface area contributed by atoms with Crippen LogP contribution in [0.2, 0.25) is 0 Å². The molecule has 0 saturated heterocycles. The van der Waals surface area contributed by atoms with E-state index in [0.29, 0.717) is 5.95 Å². The van der Waals surface area contributed by atoms with Gasteiger partial charge in [-0.25, -0.2) is 9.37 Å². The van der Waals surface area contributed by atoms with E-state index < -0.39 is 17.8 Å². The largest absolute Gasteiger partial charge is 0.324 e. The zero-order valence-corrected chi connectivity index (χ0v) is 13.4. The van der Waals surface area contributed by atoms with Gasteiger partial charge in [0.25, 0.3) is 0 Å². The fourth-order valence-electron chi connectivity index (χ4n) is 3.04. The van der Waals surface area contributed by atoms with E-state index in [1.807, 2.05) is 24.3 Å². The lowest BCUT2D eigenvalue weighted by molar-refractivity contribution is -0.123. The fourth-order valence-corrected chi connectivity index (χ4v) is 3.04. The van der Waals surface area contributed by atoms with Gasteiger partial charge in [-0.1, -0.05) is 18.2 Å². The summed E-state index contributed by atoms with van der Waals surface area (Å²) in [5, 5.41) is 5.21. The van der Waals surface area contributed by atoms with Gasteiger partial charge in [-0.3, -0.25) is 19.5 Å². The van der Waals surface area contributed by atoms with Crippen molar-refractivity contribution in [2.45, 2.75) is 19.4 Å². The first-order valence-corrected chi connectivity index (χ1v) is 7.87. The number of anilines is 2. The van der Waals surface area contributed by atoms with Crippen molar-refractivity contribution in [1.29, 1.82) is 0 Å². The molecule has 4 rings (SSSR count). The van der Waals surface area contributed by atoms with Crippen LogP contribution in [-0.4, -0.2) is 21.4 Å². The third kappa shape index (κ3) is 2.63. The number of amides is 2. The number of para-hydroxylation sites is 2. The number of carbonyl (C=O) groups excluding carboxylic acids is 2. The molecule has 2 aromatic carbocycles. The molecule has 1 aromatic heterocycles. The molecule has 6 nitrogen and oxygen atoms in total. The molecule has 0 radical (unpaired) electrons. The number of carbonyl (C=O) groups is 2. The van der Waals surface area contributed by atoms with Crippen molar-refractivity contribution in [3.63, 3.8) is 0 Å². The molecule has 0 spiro atoms. The van der Waals surface area contributed by atoms with E-state index >= 15 is 0 Å². The van der Waals surface area contributed by atoms with Gasteiger partial charge in [-0.2, -0.15) is 0 Å². The summed E-state index contributed by atoms with van der Waals surface area (Å²) in [4.78, 5) is 28.9.